The minimum atomic E-state index is -0.385. The van der Waals surface area contributed by atoms with Gasteiger partial charge in [0.1, 0.15) is 11.5 Å². The molecule has 0 aliphatic carbocycles. The van der Waals surface area contributed by atoms with Crippen LogP contribution in [0, 0.1) is 12.7 Å². The van der Waals surface area contributed by atoms with E-state index < -0.39 is 0 Å². The molecular weight excluding hydrogens is 359 g/mol. The van der Waals surface area contributed by atoms with Gasteiger partial charge in [0.2, 0.25) is 5.88 Å². The Kier molecular flexibility index (Phi) is 3.68. The maximum atomic E-state index is 13.5. The van der Waals surface area contributed by atoms with Gasteiger partial charge in [-0.3, -0.25) is 10.1 Å². The van der Waals surface area contributed by atoms with Gasteiger partial charge in [-0.05, 0) is 39.0 Å². The van der Waals surface area contributed by atoms with E-state index in [-0.39, 0.29) is 18.0 Å². The molecule has 5 rings (SSSR count). The Morgan fingerprint density at radius 1 is 1.25 bits per heavy atom. The number of hydrogen-bond donors (Lipinski definition) is 1. The summed E-state index contributed by atoms with van der Waals surface area (Å²) in [5.74, 6) is 0.310. The van der Waals surface area contributed by atoms with Crippen molar-refractivity contribution in [3.63, 3.8) is 0 Å². The number of nitrogens with one attached hydrogen (secondary N) is 1. The highest BCUT2D eigenvalue weighted by Gasteiger charge is 2.32. The predicted molar refractivity (Wildman–Crippen MR) is 102 cm³/mol. The summed E-state index contributed by atoms with van der Waals surface area (Å²) in [6, 6.07) is 5.20. The van der Waals surface area contributed by atoms with E-state index in [1.807, 2.05) is 17.7 Å². The fraction of sp³-hybridized carbons (Fsp3) is 0.300. The first-order valence-corrected chi connectivity index (χ1v) is 9.23. The largest absolute Gasteiger partial charge is 0.474 e. The molecule has 0 spiro atoms. The quantitative estimate of drug-likeness (QED) is 0.569. The van der Waals surface area contributed by atoms with E-state index in [9.17, 15) is 4.39 Å². The molecule has 2 atom stereocenters. The van der Waals surface area contributed by atoms with Crippen LogP contribution in [0.2, 0.25) is 0 Å². The summed E-state index contributed by atoms with van der Waals surface area (Å²) in [5, 5.41) is 12.8. The SMILES string of the molecule is Cc1cc(-c2c(-c3ccc(F)cn3)nn3c2O[C@H](C)C[C@@H]3C)c2cn[nH]c2n1. The minimum Gasteiger partial charge on any atom is -0.474 e. The lowest BCUT2D eigenvalue weighted by atomic mass is 10.0. The monoisotopic (exact) mass is 378 g/mol. The molecule has 28 heavy (non-hydrogen) atoms. The first-order valence-electron chi connectivity index (χ1n) is 9.23. The standard InChI is InChI=1S/C20H19FN6O/c1-10-6-14(15-9-23-25-19(15)24-10)17-18(16-5-4-13(21)8-22-16)26-27-11(2)7-12(3)28-20(17)27/h4-6,8-9,11-12H,7H2,1-3H3,(H,23,24,25)/t11-,12+/m0/s1. The van der Waals surface area contributed by atoms with Gasteiger partial charge in [0.15, 0.2) is 5.65 Å². The Labute approximate surface area is 160 Å². The third-order valence-corrected chi connectivity index (χ3v) is 5.06. The van der Waals surface area contributed by atoms with Crippen molar-refractivity contribution in [1.82, 2.24) is 29.9 Å². The van der Waals surface area contributed by atoms with Crippen molar-refractivity contribution in [2.24, 2.45) is 0 Å². The van der Waals surface area contributed by atoms with Gasteiger partial charge in [-0.2, -0.15) is 10.2 Å². The Morgan fingerprint density at radius 2 is 2.11 bits per heavy atom. The molecule has 142 valence electrons. The smallest absolute Gasteiger partial charge is 0.221 e. The molecule has 0 saturated heterocycles. The molecule has 0 saturated carbocycles. The molecule has 0 aromatic carbocycles. The van der Waals surface area contributed by atoms with E-state index in [0.29, 0.717) is 22.9 Å². The zero-order valence-electron chi connectivity index (χ0n) is 15.8. The van der Waals surface area contributed by atoms with Crippen LogP contribution in [-0.4, -0.2) is 36.0 Å². The minimum absolute atomic E-state index is 0.0646. The van der Waals surface area contributed by atoms with Crippen molar-refractivity contribution in [2.75, 3.05) is 0 Å². The molecule has 0 radical (unpaired) electrons. The summed E-state index contributed by atoms with van der Waals surface area (Å²) < 4.78 is 21.6. The molecule has 0 bridgehead atoms. The van der Waals surface area contributed by atoms with Gasteiger partial charge < -0.3 is 4.74 Å². The van der Waals surface area contributed by atoms with Gasteiger partial charge in [-0.25, -0.2) is 14.1 Å². The molecule has 5 heterocycles. The van der Waals surface area contributed by atoms with Crippen LogP contribution in [0.1, 0.15) is 32.0 Å². The Balaban J connectivity index is 1.85. The molecule has 1 aliphatic heterocycles. The summed E-state index contributed by atoms with van der Waals surface area (Å²) in [6.07, 6.45) is 3.88. The molecule has 0 fully saturated rings. The molecule has 1 aliphatic rings. The first kappa shape index (κ1) is 16.9. The van der Waals surface area contributed by atoms with Gasteiger partial charge in [-0.1, -0.05) is 0 Å². The van der Waals surface area contributed by atoms with E-state index >= 15 is 0 Å². The second-order valence-corrected chi connectivity index (χ2v) is 7.29. The van der Waals surface area contributed by atoms with Gasteiger partial charge in [-0.15, -0.1) is 0 Å². The van der Waals surface area contributed by atoms with Crippen LogP contribution in [0.15, 0.2) is 30.6 Å². The number of halogens is 1. The molecule has 8 heteroatoms. The number of fused-ring (bicyclic) bond motifs is 2. The third kappa shape index (κ3) is 2.56. The van der Waals surface area contributed by atoms with Crippen molar-refractivity contribution < 1.29 is 9.13 Å². The Morgan fingerprint density at radius 3 is 2.89 bits per heavy atom. The van der Waals surface area contributed by atoms with Crippen molar-refractivity contribution >= 4 is 11.0 Å². The number of nitrogens with zero attached hydrogens (tertiary/aromatic N) is 5. The number of aryl methyl sites for hydroxylation is 1. The summed E-state index contributed by atoms with van der Waals surface area (Å²) in [7, 11) is 0. The molecule has 4 aromatic heterocycles. The van der Waals surface area contributed by atoms with Crippen LogP contribution < -0.4 is 4.74 Å². The van der Waals surface area contributed by atoms with Gasteiger partial charge >= 0.3 is 0 Å². The van der Waals surface area contributed by atoms with Gasteiger partial charge in [0.25, 0.3) is 0 Å². The van der Waals surface area contributed by atoms with Crippen molar-refractivity contribution in [2.45, 2.75) is 39.3 Å². The van der Waals surface area contributed by atoms with Crippen LogP contribution in [-0.2, 0) is 0 Å². The lowest BCUT2D eigenvalue weighted by molar-refractivity contribution is 0.127. The maximum Gasteiger partial charge on any atom is 0.221 e. The normalized spacial score (nSPS) is 18.9. The lowest BCUT2D eigenvalue weighted by Gasteiger charge is -2.27. The van der Waals surface area contributed by atoms with Crippen LogP contribution in [0.3, 0.4) is 0 Å². The molecule has 1 N–H and O–H groups in total. The van der Waals surface area contributed by atoms with Gasteiger partial charge in [0.05, 0.1) is 35.8 Å². The topological polar surface area (TPSA) is 81.5 Å². The van der Waals surface area contributed by atoms with Crippen LogP contribution in [0.5, 0.6) is 5.88 Å². The second kappa shape index (κ2) is 6.12. The molecular formula is C20H19FN6O. The summed E-state index contributed by atoms with van der Waals surface area (Å²) in [5.41, 5.74) is 4.54. The molecule has 4 aromatic rings. The molecule has 0 amide bonds. The highest BCUT2D eigenvalue weighted by molar-refractivity contribution is 5.98. The number of aromatic nitrogens is 6. The van der Waals surface area contributed by atoms with Crippen LogP contribution in [0.4, 0.5) is 4.39 Å². The fourth-order valence-corrected chi connectivity index (χ4v) is 3.85. The predicted octanol–water partition coefficient (Wildman–Crippen LogP) is 4.06. The fourth-order valence-electron chi connectivity index (χ4n) is 3.85. The van der Waals surface area contributed by atoms with Gasteiger partial charge in [0, 0.05) is 23.1 Å². The van der Waals surface area contributed by atoms with E-state index in [1.54, 1.807) is 12.3 Å². The van der Waals surface area contributed by atoms with E-state index in [1.165, 1.54) is 12.3 Å². The average Bonchev–Trinajstić information content (AvgIpc) is 3.26. The number of rotatable bonds is 2. The summed E-state index contributed by atoms with van der Waals surface area (Å²) in [6.45, 7) is 6.10. The number of hydrogen-bond acceptors (Lipinski definition) is 5. The highest BCUT2D eigenvalue weighted by atomic mass is 19.1. The first-order chi connectivity index (χ1) is 13.5. The zero-order chi connectivity index (χ0) is 19.4. The summed E-state index contributed by atoms with van der Waals surface area (Å²) >= 11 is 0. The number of pyridine rings is 2. The third-order valence-electron chi connectivity index (χ3n) is 5.06. The lowest BCUT2D eigenvalue weighted by Crippen LogP contribution is -2.26. The number of H-pyrrole nitrogens is 1. The van der Waals surface area contributed by atoms with Crippen LogP contribution >= 0.6 is 0 Å². The van der Waals surface area contributed by atoms with E-state index in [4.69, 9.17) is 9.84 Å². The number of ether oxygens (including phenoxy) is 1. The summed E-state index contributed by atoms with van der Waals surface area (Å²) in [4.78, 5) is 8.78. The Hall–Kier alpha value is -3.29. The van der Waals surface area contributed by atoms with Crippen molar-refractivity contribution in [1.29, 1.82) is 0 Å². The maximum absolute atomic E-state index is 13.5. The van der Waals surface area contributed by atoms with Crippen molar-refractivity contribution in [3.05, 3.63) is 42.1 Å². The Bertz CT molecular complexity index is 1180. The average molecular weight is 378 g/mol. The van der Waals surface area contributed by atoms with Crippen LogP contribution in [0.25, 0.3) is 33.5 Å². The second-order valence-electron chi connectivity index (χ2n) is 7.29. The zero-order valence-corrected chi connectivity index (χ0v) is 15.8. The van der Waals surface area contributed by atoms with E-state index in [2.05, 4.69) is 34.0 Å². The molecule has 0 unspecified atom stereocenters. The highest BCUT2D eigenvalue weighted by Crippen LogP contribution is 2.45. The van der Waals surface area contributed by atoms with Crippen molar-refractivity contribution in [3.8, 4) is 28.4 Å². The number of aromatic amines is 1. The molecule has 7 nitrogen and oxygen atoms in total. The van der Waals surface area contributed by atoms with E-state index in [0.717, 1.165) is 28.6 Å².